The lowest BCUT2D eigenvalue weighted by molar-refractivity contribution is 0.282. The molecule has 0 aliphatic heterocycles. The van der Waals surface area contributed by atoms with E-state index < -0.39 is 10.0 Å². The van der Waals surface area contributed by atoms with Gasteiger partial charge in [0.2, 0.25) is 0 Å². The Morgan fingerprint density at radius 3 is 2.58 bits per heavy atom. The highest BCUT2D eigenvalue weighted by Gasteiger charge is 2.19. The first-order chi connectivity index (χ1) is 8.94. The van der Waals surface area contributed by atoms with E-state index in [-0.39, 0.29) is 11.5 Å². The molecule has 1 heterocycles. The van der Waals surface area contributed by atoms with Gasteiger partial charge in [-0.3, -0.25) is 4.72 Å². The lowest BCUT2D eigenvalue weighted by atomic mass is 10.1. The molecule has 0 amide bonds. The van der Waals surface area contributed by atoms with Crippen molar-refractivity contribution in [3.8, 4) is 0 Å². The minimum atomic E-state index is -3.64. The first-order valence-electron chi connectivity index (χ1n) is 5.71. The molecular weight excluding hydrogens is 282 g/mol. The van der Waals surface area contributed by atoms with Crippen molar-refractivity contribution in [1.29, 1.82) is 0 Å². The molecule has 19 heavy (non-hydrogen) atoms. The van der Waals surface area contributed by atoms with Crippen LogP contribution in [0.3, 0.4) is 0 Å². The van der Waals surface area contributed by atoms with E-state index in [2.05, 4.69) is 4.72 Å². The van der Waals surface area contributed by atoms with Gasteiger partial charge in [-0.1, -0.05) is 6.07 Å². The molecule has 0 radical (unpaired) electrons. The second-order valence-electron chi connectivity index (χ2n) is 4.27. The van der Waals surface area contributed by atoms with E-state index in [4.69, 9.17) is 5.11 Å². The largest absolute Gasteiger partial charge is 0.391 e. The fourth-order valence-corrected chi connectivity index (χ4v) is 4.04. The number of rotatable bonds is 4. The smallest absolute Gasteiger partial charge is 0.263 e. The summed E-state index contributed by atoms with van der Waals surface area (Å²) in [5.74, 6) is 0. The number of aliphatic hydroxyl groups is 1. The fraction of sp³-hybridized carbons (Fsp3) is 0.231. The normalized spacial score (nSPS) is 11.5. The number of aliphatic hydroxyl groups excluding tert-OH is 1. The molecule has 2 rings (SSSR count). The summed E-state index contributed by atoms with van der Waals surface area (Å²) in [6.45, 7) is 3.62. The van der Waals surface area contributed by atoms with E-state index in [9.17, 15) is 8.42 Å². The fourth-order valence-electron chi connectivity index (χ4n) is 1.70. The molecular formula is C13H15NO3S2. The molecule has 1 aromatic heterocycles. The molecule has 102 valence electrons. The summed E-state index contributed by atoms with van der Waals surface area (Å²) in [4.78, 5) is 0.578. The van der Waals surface area contributed by atoms with Gasteiger partial charge in [0.15, 0.2) is 0 Å². The quantitative estimate of drug-likeness (QED) is 0.911. The Morgan fingerprint density at radius 2 is 1.95 bits per heavy atom. The number of hydrogen-bond donors (Lipinski definition) is 2. The van der Waals surface area contributed by atoms with Crippen molar-refractivity contribution in [2.45, 2.75) is 25.3 Å². The van der Waals surface area contributed by atoms with Crippen LogP contribution in [0.25, 0.3) is 0 Å². The zero-order valence-electron chi connectivity index (χ0n) is 10.7. The zero-order valence-corrected chi connectivity index (χ0v) is 12.3. The number of sulfonamides is 1. The summed E-state index contributed by atoms with van der Waals surface area (Å²) in [5, 5.41) is 10.8. The van der Waals surface area contributed by atoms with Gasteiger partial charge in [-0.05, 0) is 48.6 Å². The molecule has 2 aromatic rings. The van der Waals surface area contributed by atoms with Gasteiger partial charge in [-0.2, -0.15) is 0 Å². The van der Waals surface area contributed by atoms with Gasteiger partial charge in [-0.25, -0.2) is 8.42 Å². The van der Waals surface area contributed by atoms with Crippen molar-refractivity contribution in [3.05, 3.63) is 45.6 Å². The summed E-state index contributed by atoms with van der Waals surface area (Å²) in [6.07, 6.45) is 0. The number of nitrogens with one attached hydrogen (secondary N) is 1. The van der Waals surface area contributed by atoms with Crippen molar-refractivity contribution in [2.75, 3.05) is 4.72 Å². The van der Waals surface area contributed by atoms with Gasteiger partial charge in [0.1, 0.15) is 4.90 Å². The zero-order chi connectivity index (χ0) is 14.0. The summed E-state index contributed by atoms with van der Waals surface area (Å²) < 4.78 is 27.0. The van der Waals surface area contributed by atoms with Gasteiger partial charge < -0.3 is 5.11 Å². The van der Waals surface area contributed by atoms with Crippen LogP contribution in [0.1, 0.15) is 16.0 Å². The van der Waals surface area contributed by atoms with Gasteiger partial charge in [0.25, 0.3) is 10.0 Å². The Kier molecular flexibility index (Phi) is 3.93. The van der Waals surface area contributed by atoms with E-state index in [1.54, 1.807) is 17.5 Å². The van der Waals surface area contributed by atoms with Crippen molar-refractivity contribution in [3.63, 3.8) is 0 Å². The average molecular weight is 297 g/mol. The number of hydrogen-bond acceptors (Lipinski definition) is 4. The summed E-state index contributed by atoms with van der Waals surface area (Å²) in [7, 11) is -3.64. The molecule has 0 unspecified atom stereocenters. The predicted octanol–water partition coefficient (Wildman–Crippen LogP) is 2.66. The van der Waals surface area contributed by atoms with E-state index >= 15 is 0 Å². The maximum atomic E-state index is 12.2. The molecule has 0 spiro atoms. The molecule has 0 saturated heterocycles. The van der Waals surface area contributed by atoms with Crippen LogP contribution < -0.4 is 4.72 Å². The van der Waals surface area contributed by atoms with E-state index in [0.717, 1.165) is 11.1 Å². The van der Waals surface area contributed by atoms with Crippen LogP contribution in [-0.2, 0) is 16.6 Å². The Bertz CT molecular complexity index is 690. The van der Waals surface area contributed by atoms with Crippen LogP contribution in [0.15, 0.2) is 34.5 Å². The third-order valence-corrected chi connectivity index (χ3v) is 5.40. The second kappa shape index (κ2) is 5.32. The molecule has 1 aromatic carbocycles. The van der Waals surface area contributed by atoms with Crippen LogP contribution >= 0.6 is 11.3 Å². The first-order valence-corrected chi connectivity index (χ1v) is 8.07. The van der Waals surface area contributed by atoms with Gasteiger partial charge in [0.05, 0.1) is 11.5 Å². The Balaban J connectivity index is 2.34. The molecule has 0 bridgehead atoms. The van der Waals surface area contributed by atoms with Crippen LogP contribution in [0.2, 0.25) is 0 Å². The number of anilines is 1. The number of thiophene rings is 1. The highest BCUT2D eigenvalue weighted by molar-refractivity contribution is 7.93. The highest BCUT2D eigenvalue weighted by atomic mass is 32.2. The maximum Gasteiger partial charge on any atom is 0.263 e. The lowest BCUT2D eigenvalue weighted by Gasteiger charge is -2.09. The average Bonchev–Trinajstić information content (AvgIpc) is 2.82. The van der Waals surface area contributed by atoms with Crippen LogP contribution in [0, 0.1) is 13.8 Å². The molecule has 2 N–H and O–H groups in total. The van der Waals surface area contributed by atoms with Gasteiger partial charge in [-0.15, -0.1) is 11.3 Å². The second-order valence-corrected chi connectivity index (χ2v) is 6.92. The van der Waals surface area contributed by atoms with Crippen molar-refractivity contribution >= 4 is 27.0 Å². The third kappa shape index (κ3) is 2.97. The summed E-state index contributed by atoms with van der Waals surface area (Å²) >= 11 is 1.22. The van der Waals surface area contributed by atoms with Crippen LogP contribution in [0.4, 0.5) is 5.69 Å². The molecule has 0 aliphatic rings. The molecule has 6 heteroatoms. The highest BCUT2D eigenvalue weighted by Crippen LogP contribution is 2.25. The van der Waals surface area contributed by atoms with Gasteiger partial charge >= 0.3 is 0 Å². The Labute approximate surface area is 116 Å². The molecule has 0 saturated carbocycles. The van der Waals surface area contributed by atoms with Crippen LogP contribution in [-0.4, -0.2) is 13.5 Å². The van der Waals surface area contributed by atoms with Crippen molar-refractivity contribution in [2.24, 2.45) is 0 Å². The standard InChI is InChI=1S/C13H15NO3S2/c1-9-3-4-11(7-10(9)2)14-19(16,17)13-5-6-18-12(13)8-15/h3-7,14-15H,8H2,1-2H3. The molecule has 0 fully saturated rings. The molecule has 0 atom stereocenters. The Hall–Kier alpha value is -1.37. The van der Waals surface area contributed by atoms with Crippen molar-refractivity contribution in [1.82, 2.24) is 0 Å². The summed E-state index contributed by atoms with van der Waals surface area (Å²) in [5.41, 5.74) is 2.65. The minimum absolute atomic E-state index is 0.137. The monoisotopic (exact) mass is 297 g/mol. The SMILES string of the molecule is Cc1ccc(NS(=O)(=O)c2ccsc2CO)cc1C. The Morgan fingerprint density at radius 1 is 1.21 bits per heavy atom. The van der Waals surface area contributed by atoms with Crippen LogP contribution in [0.5, 0.6) is 0 Å². The predicted molar refractivity (Wildman–Crippen MR) is 77.0 cm³/mol. The topological polar surface area (TPSA) is 66.4 Å². The third-order valence-electron chi connectivity index (χ3n) is 2.90. The number of aryl methyl sites for hydroxylation is 2. The first kappa shape index (κ1) is 14.0. The lowest BCUT2D eigenvalue weighted by Crippen LogP contribution is -2.13. The molecule has 0 aliphatic carbocycles. The maximum absolute atomic E-state index is 12.2. The van der Waals surface area contributed by atoms with Gasteiger partial charge in [0, 0.05) is 5.69 Å². The van der Waals surface area contributed by atoms with E-state index in [1.165, 1.54) is 17.4 Å². The van der Waals surface area contributed by atoms with E-state index in [1.807, 2.05) is 19.9 Å². The van der Waals surface area contributed by atoms with E-state index in [0.29, 0.717) is 10.6 Å². The summed E-state index contributed by atoms with van der Waals surface area (Å²) in [6, 6.07) is 6.89. The minimum Gasteiger partial charge on any atom is -0.391 e. The number of benzene rings is 1. The van der Waals surface area contributed by atoms with Crippen molar-refractivity contribution < 1.29 is 13.5 Å². The molecule has 4 nitrogen and oxygen atoms in total.